The third kappa shape index (κ3) is 5.93. The highest BCUT2D eigenvalue weighted by molar-refractivity contribution is 6.06. The fraction of sp³-hybridized carbons (Fsp3) is 0.654. The van der Waals surface area contributed by atoms with E-state index in [0.29, 0.717) is 55.2 Å². The van der Waals surface area contributed by atoms with Gasteiger partial charge in [0.15, 0.2) is 24.0 Å². The summed E-state index contributed by atoms with van der Waals surface area (Å²) in [6.45, 7) is 3.24. The maximum atomic E-state index is 13.7. The molecule has 11 nitrogen and oxygen atoms in total. The molecule has 37 heavy (non-hydrogen) atoms. The maximum Gasteiger partial charge on any atom is 0.416 e. The lowest BCUT2D eigenvalue weighted by Gasteiger charge is -2.38. The van der Waals surface area contributed by atoms with Crippen LogP contribution in [0.1, 0.15) is 62.2 Å². The first kappa shape index (κ1) is 27.0. The lowest BCUT2D eigenvalue weighted by Crippen LogP contribution is -2.54. The van der Waals surface area contributed by atoms with E-state index in [1.807, 2.05) is 0 Å². The Kier molecular flexibility index (Phi) is 9.09. The molecule has 0 aromatic heterocycles. The maximum absolute atomic E-state index is 13.7. The first-order chi connectivity index (χ1) is 18.0. The molecule has 204 valence electrons. The van der Waals surface area contributed by atoms with Crippen molar-refractivity contribution in [2.24, 2.45) is 0 Å². The number of amides is 2. The highest BCUT2D eigenvalue weighted by Gasteiger charge is 2.47. The Morgan fingerprint density at radius 2 is 1.95 bits per heavy atom. The zero-order valence-corrected chi connectivity index (χ0v) is 21.7. The Hall–Kier alpha value is -3.05. The van der Waals surface area contributed by atoms with Crippen LogP contribution in [0, 0.1) is 0 Å². The molecule has 1 aromatic carbocycles. The van der Waals surface area contributed by atoms with E-state index in [1.54, 1.807) is 24.0 Å². The predicted molar refractivity (Wildman–Crippen MR) is 132 cm³/mol. The van der Waals surface area contributed by atoms with Crippen LogP contribution in [0.3, 0.4) is 0 Å². The van der Waals surface area contributed by atoms with Gasteiger partial charge in [0, 0.05) is 25.6 Å². The topological polar surface area (TPSA) is 113 Å². The molecule has 2 saturated heterocycles. The van der Waals surface area contributed by atoms with E-state index in [9.17, 15) is 14.4 Å². The molecular weight excluding hydrogens is 484 g/mol. The molecule has 0 N–H and O–H groups in total. The van der Waals surface area contributed by atoms with Gasteiger partial charge >= 0.3 is 12.1 Å². The second kappa shape index (κ2) is 12.5. The Morgan fingerprint density at radius 3 is 2.65 bits per heavy atom. The monoisotopic (exact) mass is 520 g/mol. The van der Waals surface area contributed by atoms with Crippen LogP contribution >= 0.6 is 0 Å². The number of rotatable bonds is 9. The molecule has 3 atom stereocenters. The Morgan fingerprint density at radius 1 is 1.11 bits per heavy atom. The van der Waals surface area contributed by atoms with E-state index in [-0.39, 0.29) is 37.6 Å². The van der Waals surface area contributed by atoms with Crippen LogP contribution in [0.25, 0.3) is 0 Å². The van der Waals surface area contributed by atoms with Gasteiger partial charge in [-0.3, -0.25) is 9.59 Å². The average molecular weight is 521 g/mol. The van der Waals surface area contributed by atoms with Gasteiger partial charge in [-0.05, 0) is 51.5 Å². The van der Waals surface area contributed by atoms with Crippen molar-refractivity contribution >= 4 is 23.7 Å². The Labute approximate surface area is 216 Å². The number of ether oxygens (including phenoxy) is 6. The van der Waals surface area contributed by atoms with E-state index in [2.05, 4.69) is 4.74 Å². The highest BCUT2D eigenvalue weighted by atomic mass is 16.7. The van der Waals surface area contributed by atoms with Crippen molar-refractivity contribution in [3.63, 3.8) is 0 Å². The number of methoxy groups -OCH3 is 2. The number of fused-ring (bicyclic) bond motifs is 2. The molecule has 3 aliphatic rings. The summed E-state index contributed by atoms with van der Waals surface area (Å²) in [5.74, 6) is 0.141. The number of benzene rings is 1. The van der Waals surface area contributed by atoms with Gasteiger partial charge in [-0.15, -0.1) is 0 Å². The molecule has 0 aliphatic carbocycles. The van der Waals surface area contributed by atoms with Gasteiger partial charge in [-0.1, -0.05) is 0 Å². The van der Waals surface area contributed by atoms with Crippen molar-refractivity contribution in [1.29, 1.82) is 0 Å². The molecule has 3 aliphatic heterocycles. The molecule has 2 amide bonds. The lowest BCUT2D eigenvalue weighted by atomic mass is 10.1. The summed E-state index contributed by atoms with van der Waals surface area (Å²) in [6.07, 6.45) is 2.83. The van der Waals surface area contributed by atoms with Crippen molar-refractivity contribution in [3.8, 4) is 11.5 Å². The number of anilines is 1. The van der Waals surface area contributed by atoms with E-state index >= 15 is 0 Å². The molecule has 0 saturated carbocycles. The molecule has 0 bridgehead atoms. The van der Waals surface area contributed by atoms with Gasteiger partial charge in [0.1, 0.15) is 0 Å². The third-order valence-corrected chi connectivity index (χ3v) is 6.82. The minimum atomic E-state index is -0.796. The van der Waals surface area contributed by atoms with Crippen LogP contribution in [0.4, 0.5) is 10.5 Å². The minimum Gasteiger partial charge on any atom is -0.493 e. The van der Waals surface area contributed by atoms with E-state index in [0.717, 1.165) is 19.3 Å². The molecular formula is C26H36N2O9. The molecule has 0 spiro atoms. The second-order valence-corrected chi connectivity index (χ2v) is 9.15. The SMILES string of the molecule is CCOC(=O)N1c2cc(OCCCC(=O)OC)c(OC)cc2C(=O)N2CCCC2C1OC1CCCCO1. The predicted octanol–water partition coefficient (Wildman–Crippen LogP) is 3.48. The summed E-state index contributed by atoms with van der Waals surface area (Å²) >= 11 is 0. The number of hydrogen-bond acceptors (Lipinski definition) is 9. The molecule has 4 rings (SSSR count). The van der Waals surface area contributed by atoms with Gasteiger partial charge in [-0.25, -0.2) is 9.69 Å². The van der Waals surface area contributed by atoms with E-state index < -0.39 is 18.6 Å². The molecule has 2 fully saturated rings. The average Bonchev–Trinajstić information content (AvgIpc) is 3.38. The second-order valence-electron chi connectivity index (χ2n) is 9.15. The molecule has 1 aromatic rings. The van der Waals surface area contributed by atoms with E-state index in [1.165, 1.54) is 19.1 Å². The van der Waals surface area contributed by atoms with Crippen LogP contribution < -0.4 is 14.4 Å². The van der Waals surface area contributed by atoms with Crippen molar-refractivity contribution in [2.45, 2.75) is 70.4 Å². The first-order valence-corrected chi connectivity index (χ1v) is 12.9. The Balaban J connectivity index is 1.73. The van der Waals surface area contributed by atoms with Gasteiger partial charge < -0.3 is 33.3 Å². The van der Waals surface area contributed by atoms with Crippen LogP contribution in [0.15, 0.2) is 12.1 Å². The third-order valence-electron chi connectivity index (χ3n) is 6.82. The van der Waals surface area contributed by atoms with E-state index in [4.69, 9.17) is 23.7 Å². The molecule has 3 heterocycles. The number of carbonyl (C=O) groups excluding carboxylic acids is 3. The Bertz CT molecular complexity index is 979. The van der Waals surface area contributed by atoms with Crippen LogP contribution in [-0.2, 0) is 23.7 Å². The van der Waals surface area contributed by atoms with Crippen molar-refractivity contribution < 1.29 is 42.8 Å². The molecule has 0 radical (unpaired) electrons. The number of esters is 1. The number of carbonyl (C=O) groups is 3. The summed E-state index contributed by atoms with van der Waals surface area (Å²) in [4.78, 5) is 41.8. The summed E-state index contributed by atoms with van der Waals surface area (Å²) in [5, 5.41) is 0. The van der Waals surface area contributed by atoms with Crippen molar-refractivity contribution in [3.05, 3.63) is 17.7 Å². The van der Waals surface area contributed by atoms with Gasteiger partial charge in [0.05, 0.1) is 44.7 Å². The first-order valence-electron chi connectivity index (χ1n) is 12.9. The fourth-order valence-electron chi connectivity index (χ4n) is 5.02. The lowest BCUT2D eigenvalue weighted by molar-refractivity contribution is -0.195. The quantitative estimate of drug-likeness (QED) is 0.357. The fourth-order valence-corrected chi connectivity index (χ4v) is 5.02. The summed E-state index contributed by atoms with van der Waals surface area (Å²) < 4.78 is 33.9. The van der Waals surface area contributed by atoms with Crippen LogP contribution in [-0.4, -0.2) is 82.0 Å². The van der Waals surface area contributed by atoms with Gasteiger partial charge in [0.2, 0.25) is 0 Å². The van der Waals surface area contributed by atoms with Crippen molar-refractivity contribution in [1.82, 2.24) is 4.90 Å². The zero-order valence-electron chi connectivity index (χ0n) is 21.7. The van der Waals surface area contributed by atoms with Crippen LogP contribution in [0.5, 0.6) is 11.5 Å². The molecule has 11 heteroatoms. The summed E-state index contributed by atoms with van der Waals surface area (Å²) in [6, 6.07) is 2.85. The standard InChI is InChI=1S/C26H36N2O9/c1-4-34-26(31)28-19-16-21(35-14-8-10-22(29)33-3)20(32-2)15-17(19)24(30)27-12-7-9-18(27)25(28)37-23-11-5-6-13-36-23/h15-16,18,23,25H,4-14H2,1-3H3. The smallest absolute Gasteiger partial charge is 0.416 e. The summed E-state index contributed by atoms with van der Waals surface area (Å²) in [7, 11) is 2.82. The normalized spacial score (nSPS) is 23.1. The zero-order chi connectivity index (χ0) is 26.4. The number of nitrogens with zero attached hydrogens (tertiary/aromatic N) is 2. The summed E-state index contributed by atoms with van der Waals surface area (Å²) in [5.41, 5.74) is 0.622. The minimum absolute atomic E-state index is 0.159. The highest BCUT2D eigenvalue weighted by Crippen LogP contribution is 2.42. The molecule has 3 unspecified atom stereocenters. The van der Waals surface area contributed by atoms with Gasteiger partial charge in [-0.2, -0.15) is 0 Å². The van der Waals surface area contributed by atoms with Gasteiger partial charge in [0.25, 0.3) is 5.91 Å². The largest absolute Gasteiger partial charge is 0.493 e. The van der Waals surface area contributed by atoms with Crippen molar-refractivity contribution in [2.75, 3.05) is 45.5 Å². The number of hydrogen-bond donors (Lipinski definition) is 0. The van der Waals surface area contributed by atoms with Crippen LogP contribution in [0.2, 0.25) is 0 Å².